The monoisotopic (exact) mass is 388 g/mol. The van der Waals surface area contributed by atoms with Crippen molar-refractivity contribution in [3.8, 4) is 16.6 Å². The minimum absolute atomic E-state index is 0.512. The SMILES string of the molecule is CC.CCCCCC(F)(CC)CCc1cc(C#N)cc(-c2ncc(C)s2)c1. The van der Waals surface area contributed by atoms with E-state index in [2.05, 4.69) is 24.0 Å². The summed E-state index contributed by atoms with van der Waals surface area (Å²) in [6.07, 6.45) is 7.34. The second kappa shape index (κ2) is 11.9. The van der Waals surface area contributed by atoms with Crippen molar-refractivity contribution in [1.82, 2.24) is 4.98 Å². The van der Waals surface area contributed by atoms with E-state index in [1.54, 1.807) is 11.3 Å². The van der Waals surface area contributed by atoms with Gasteiger partial charge in [0.05, 0.1) is 11.6 Å². The molecule has 148 valence electrons. The maximum Gasteiger partial charge on any atom is 0.123 e. The number of alkyl halides is 1. The third-order valence-electron chi connectivity index (χ3n) is 4.71. The molecule has 0 aliphatic heterocycles. The molecule has 0 fully saturated rings. The Hall–Kier alpha value is -1.73. The van der Waals surface area contributed by atoms with Gasteiger partial charge in [-0.05, 0) is 56.4 Å². The van der Waals surface area contributed by atoms with Gasteiger partial charge in [-0.2, -0.15) is 5.26 Å². The summed E-state index contributed by atoms with van der Waals surface area (Å²) < 4.78 is 15.1. The average Bonchev–Trinajstić information content (AvgIpc) is 3.14. The largest absolute Gasteiger partial charge is 0.244 e. The molecular formula is C23H33FN2S. The van der Waals surface area contributed by atoms with Crippen LogP contribution in [0.4, 0.5) is 4.39 Å². The van der Waals surface area contributed by atoms with E-state index in [0.717, 1.165) is 40.3 Å². The number of hydrogen-bond donors (Lipinski definition) is 0. The summed E-state index contributed by atoms with van der Waals surface area (Å²) in [6.45, 7) is 10.1. The Morgan fingerprint density at radius 2 is 1.89 bits per heavy atom. The van der Waals surface area contributed by atoms with E-state index in [0.29, 0.717) is 31.2 Å². The summed E-state index contributed by atoms with van der Waals surface area (Å²) >= 11 is 1.62. The number of benzene rings is 1. The van der Waals surface area contributed by atoms with Gasteiger partial charge >= 0.3 is 0 Å². The predicted octanol–water partition coefficient (Wildman–Crippen LogP) is 7.65. The topological polar surface area (TPSA) is 36.7 Å². The molecule has 2 nitrogen and oxygen atoms in total. The highest BCUT2D eigenvalue weighted by Gasteiger charge is 2.26. The summed E-state index contributed by atoms with van der Waals surface area (Å²) in [5.74, 6) is 0. The fraction of sp³-hybridized carbons (Fsp3) is 0.565. The zero-order valence-corrected chi connectivity index (χ0v) is 18.3. The van der Waals surface area contributed by atoms with Gasteiger partial charge in [0.1, 0.15) is 10.7 Å². The molecule has 2 aromatic rings. The number of aromatic nitrogens is 1. The van der Waals surface area contributed by atoms with Crippen LogP contribution in [0.3, 0.4) is 0 Å². The molecule has 1 atom stereocenters. The molecule has 1 unspecified atom stereocenters. The Kier molecular flexibility index (Phi) is 10.3. The quantitative estimate of drug-likeness (QED) is 0.414. The fourth-order valence-corrected chi connectivity index (χ4v) is 3.80. The number of nitriles is 1. The number of halogens is 1. The van der Waals surface area contributed by atoms with Gasteiger partial charge in [-0.15, -0.1) is 11.3 Å². The molecule has 0 amide bonds. The Bertz CT molecular complexity index is 732. The number of hydrogen-bond acceptors (Lipinski definition) is 3. The third-order valence-corrected chi connectivity index (χ3v) is 5.68. The van der Waals surface area contributed by atoms with Crippen molar-refractivity contribution < 1.29 is 4.39 Å². The Morgan fingerprint density at radius 1 is 1.15 bits per heavy atom. The minimum Gasteiger partial charge on any atom is -0.244 e. The van der Waals surface area contributed by atoms with Gasteiger partial charge in [0.25, 0.3) is 0 Å². The summed E-state index contributed by atoms with van der Waals surface area (Å²) in [5, 5.41) is 10.2. The first-order chi connectivity index (χ1) is 13.0. The lowest BCUT2D eigenvalue weighted by Gasteiger charge is -2.24. The van der Waals surface area contributed by atoms with Gasteiger partial charge in [0.2, 0.25) is 0 Å². The second-order valence-electron chi connectivity index (χ2n) is 6.77. The molecule has 0 radical (unpaired) electrons. The lowest BCUT2D eigenvalue weighted by molar-refractivity contribution is 0.127. The van der Waals surface area contributed by atoms with Crippen molar-refractivity contribution in [3.05, 3.63) is 40.4 Å². The van der Waals surface area contributed by atoms with Crippen molar-refractivity contribution in [3.63, 3.8) is 0 Å². The third kappa shape index (κ3) is 7.42. The molecule has 1 heterocycles. The normalized spacial score (nSPS) is 12.6. The summed E-state index contributed by atoms with van der Waals surface area (Å²) in [7, 11) is 0. The molecular weight excluding hydrogens is 355 g/mol. The van der Waals surface area contributed by atoms with Crippen LogP contribution in [0.5, 0.6) is 0 Å². The van der Waals surface area contributed by atoms with Crippen molar-refractivity contribution in [1.29, 1.82) is 5.26 Å². The van der Waals surface area contributed by atoms with Crippen molar-refractivity contribution in [2.45, 2.75) is 85.2 Å². The fourth-order valence-electron chi connectivity index (χ4n) is 3.05. The van der Waals surface area contributed by atoms with Crippen LogP contribution in [0.15, 0.2) is 24.4 Å². The van der Waals surface area contributed by atoms with Crippen molar-refractivity contribution in [2.24, 2.45) is 0 Å². The van der Waals surface area contributed by atoms with Gasteiger partial charge in [0.15, 0.2) is 0 Å². The number of nitrogens with zero attached hydrogens (tertiary/aromatic N) is 2. The predicted molar refractivity (Wildman–Crippen MR) is 115 cm³/mol. The van der Waals surface area contributed by atoms with Crippen LogP contribution >= 0.6 is 11.3 Å². The Morgan fingerprint density at radius 3 is 2.44 bits per heavy atom. The van der Waals surface area contributed by atoms with Crippen molar-refractivity contribution >= 4 is 11.3 Å². The standard InChI is InChI=1S/C21H27FN2S.C2H6/c1-4-6-7-9-21(22,5-2)10-8-17-11-18(14-23)13-19(12-17)20-24-15-16(3)25-20;1-2/h11-13,15H,4-10H2,1-3H3;1-2H3. The zero-order chi connectivity index (χ0) is 20.3. The van der Waals surface area contributed by atoms with Gasteiger partial charge in [-0.1, -0.05) is 47.0 Å². The molecule has 27 heavy (non-hydrogen) atoms. The summed E-state index contributed by atoms with van der Waals surface area (Å²) in [4.78, 5) is 5.55. The second-order valence-corrected chi connectivity index (χ2v) is 8.00. The molecule has 0 aliphatic carbocycles. The molecule has 0 saturated heterocycles. The molecule has 0 N–H and O–H groups in total. The first-order valence-corrected chi connectivity index (χ1v) is 11.0. The van der Waals surface area contributed by atoms with E-state index < -0.39 is 5.67 Å². The summed E-state index contributed by atoms with van der Waals surface area (Å²) in [5.41, 5.74) is 1.50. The maximum absolute atomic E-state index is 15.1. The van der Waals surface area contributed by atoms with Gasteiger partial charge in [-0.3, -0.25) is 0 Å². The van der Waals surface area contributed by atoms with E-state index in [4.69, 9.17) is 0 Å². The van der Waals surface area contributed by atoms with Crippen LogP contribution in [-0.2, 0) is 6.42 Å². The number of thiazole rings is 1. The van der Waals surface area contributed by atoms with Crippen LogP contribution < -0.4 is 0 Å². The van der Waals surface area contributed by atoms with E-state index in [9.17, 15) is 5.26 Å². The zero-order valence-electron chi connectivity index (χ0n) is 17.4. The first-order valence-electron chi connectivity index (χ1n) is 10.2. The molecule has 1 aromatic carbocycles. The highest BCUT2D eigenvalue weighted by atomic mass is 32.1. The van der Waals surface area contributed by atoms with Gasteiger partial charge in [0, 0.05) is 16.6 Å². The Balaban J connectivity index is 0.00000176. The van der Waals surface area contributed by atoms with Crippen LogP contribution in [0.25, 0.3) is 10.6 Å². The number of rotatable bonds is 9. The smallest absolute Gasteiger partial charge is 0.123 e. The van der Waals surface area contributed by atoms with Crippen molar-refractivity contribution in [2.75, 3.05) is 0 Å². The van der Waals surface area contributed by atoms with Gasteiger partial charge in [-0.25, -0.2) is 9.37 Å². The van der Waals surface area contributed by atoms with E-state index in [1.807, 2.05) is 46.0 Å². The lowest BCUT2D eigenvalue weighted by atomic mass is 9.88. The van der Waals surface area contributed by atoms with Crippen LogP contribution in [0, 0.1) is 18.3 Å². The average molecular weight is 389 g/mol. The maximum atomic E-state index is 15.1. The van der Waals surface area contributed by atoms with Crippen LogP contribution in [-0.4, -0.2) is 10.7 Å². The molecule has 0 aliphatic rings. The molecule has 1 aromatic heterocycles. The van der Waals surface area contributed by atoms with E-state index in [1.165, 1.54) is 0 Å². The highest BCUT2D eigenvalue weighted by Crippen LogP contribution is 2.31. The Labute approximate surface area is 168 Å². The van der Waals surface area contributed by atoms with Crippen LogP contribution in [0.1, 0.15) is 82.2 Å². The van der Waals surface area contributed by atoms with Crippen LogP contribution in [0.2, 0.25) is 0 Å². The molecule has 0 bridgehead atoms. The van der Waals surface area contributed by atoms with Gasteiger partial charge < -0.3 is 0 Å². The van der Waals surface area contributed by atoms with E-state index >= 15 is 4.39 Å². The molecule has 4 heteroatoms. The molecule has 0 saturated carbocycles. The summed E-state index contributed by atoms with van der Waals surface area (Å²) in [6, 6.07) is 8.02. The molecule has 2 rings (SSSR count). The lowest BCUT2D eigenvalue weighted by Crippen LogP contribution is -2.22. The highest BCUT2D eigenvalue weighted by molar-refractivity contribution is 7.14. The van der Waals surface area contributed by atoms with E-state index in [-0.39, 0.29) is 0 Å². The molecule has 0 spiro atoms. The number of aryl methyl sites for hydroxylation is 2. The first kappa shape index (κ1) is 23.3. The minimum atomic E-state index is -1.10. The number of unbranched alkanes of at least 4 members (excludes halogenated alkanes) is 2.